The van der Waals surface area contributed by atoms with Gasteiger partial charge in [-0.2, -0.15) is 0 Å². The molecule has 0 saturated heterocycles. The Hall–Kier alpha value is -1.60. The first-order valence-corrected chi connectivity index (χ1v) is 8.32. The third kappa shape index (κ3) is 4.71. The lowest BCUT2D eigenvalue weighted by Crippen LogP contribution is -2.32. The van der Waals surface area contributed by atoms with Crippen LogP contribution in [-0.2, 0) is 14.8 Å². The number of amides is 1. The predicted molar refractivity (Wildman–Crippen MR) is 82.0 cm³/mol. The average Bonchev–Trinajstić information content (AvgIpc) is 2.46. The van der Waals surface area contributed by atoms with Gasteiger partial charge in [0.25, 0.3) is 0 Å². The van der Waals surface area contributed by atoms with Crippen LogP contribution in [0.25, 0.3) is 0 Å². The van der Waals surface area contributed by atoms with E-state index in [1.165, 1.54) is 25.3 Å². The second-order valence-corrected chi connectivity index (χ2v) is 6.41. The maximum Gasteiger partial charge on any atom is 0.240 e. The summed E-state index contributed by atoms with van der Waals surface area (Å²) in [7, 11) is -2.16. The van der Waals surface area contributed by atoms with Crippen LogP contribution in [0.2, 0.25) is 0 Å². The number of ether oxygens (including phenoxy) is 1. The van der Waals surface area contributed by atoms with E-state index in [1.54, 1.807) is 13.8 Å². The van der Waals surface area contributed by atoms with Gasteiger partial charge < -0.3 is 10.1 Å². The van der Waals surface area contributed by atoms with E-state index in [9.17, 15) is 13.2 Å². The Labute approximate surface area is 125 Å². The molecule has 0 aromatic heterocycles. The minimum absolute atomic E-state index is 0.0926. The number of anilines is 1. The summed E-state index contributed by atoms with van der Waals surface area (Å²) < 4.78 is 32.2. The Morgan fingerprint density at radius 3 is 2.52 bits per heavy atom. The highest BCUT2D eigenvalue weighted by molar-refractivity contribution is 7.89. The van der Waals surface area contributed by atoms with Crippen molar-refractivity contribution in [3.05, 3.63) is 18.2 Å². The third-order valence-electron chi connectivity index (χ3n) is 3.05. The van der Waals surface area contributed by atoms with E-state index in [0.29, 0.717) is 24.3 Å². The van der Waals surface area contributed by atoms with Gasteiger partial charge in [-0.05, 0) is 31.5 Å². The number of benzene rings is 1. The van der Waals surface area contributed by atoms with Gasteiger partial charge in [-0.3, -0.25) is 4.79 Å². The Morgan fingerprint density at radius 1 is 1.33 bits per heavy atom. The first kappa shape index (κ1) is 17.5. The van der Waals surface area contributed by atoms with Gasteiger partial charge in [0.15, 0.2) is 0 Å². The molecule has 0 aliphatic carbocycles. The van der Waals surface area contributed by atoms with Gasteiger partial charge in [-0.15, -0.1) is 0 Å². The highest BCUT2D eigenvalue weighted by Gasteiger charge is 2.19. The quantitative estimate of drug-likeness (QED) is 0.807. The van der Waals surface area contributed by atoms with Crippen LogP contribution in [0, 0.1) is 0 Å². The lowest BCUT2D eigenvalue weighted by atomic mass is 10.3. The Morgan fingerprint density at radius 2 is 2.00 bits per heavy atom. The Kier molecular flexibility index (Phi) is 6.17. The van der Waals surface area contributed by atoms with E-state index in [0.717, 1.165) is 0 Å². The monoisotopic (exact) mass is 314 g/mol. The van der Waals surface area contributed by atoms with Crippen LogP contribution in [0.5, 0.6) is 5.75 Å². The summed E-state index contributed by atoms with van der Waals surface area (Å²) in [5, 5.41) is 2.63. The van der Waals surface area contributed by atoms with Crippen molar-refractivity contribution in [2.75, 3.05) is 12.4 Å². The lowest BCUT2D eigenvalue weighted by Gasteiger charge is -2.15. The number of sulfonamides is 1. The molecular weight excluding hydrogens is 292 g/mol. The highest BCUT2D eigenvalue weighted by Crippen LogP contribution is 2.27. The van der Waals surface area contributed by atoms with E-state index in [2.05, 4.69) is 10.0 Å². The molecule has 6 nitrogen and oxygen atoms in total. The molecule has 0 spiro atoms. The largest absolute Gasteiger partial charge is 0.495 e. The Bertz CT molecular complexity index is 599. The number of carbonyl (C=O) groups excluding carboxylic acids is 1. The zero-order valence-corrected chi connectivity index (χ0v) is 13.6. The molecule has 1 aromatic rings. The van der Waals surface area contributed by atoms with Crippen LogP contribution < -0.4 is 14.8 Å². The van der Waals surface area contributed by atoms with Gasteiger partial charge in [-0.25, -0.2) is 13.1 Å². The van der Waals surface area contributed by atoms with Crippen LogP contribution in [0.1, 0.15) is 33.6 Å². The average molecular weight is 314 g/mol. The van der Waals surface area contributed by atoms with Crippen molar-refractivity contribution >= 4 is 21.6 Å². The number of methoxy groups -OCH3 is 1. The summed E-state index contributed by atoms with van der Waals surface area (Å²) in [4.78, 5) is 11.6. The summed E-state index contributed by atoms with van der Waals surface area (Å²) in [5.74, 6) is 0.206. The van der Waals surface area contributed by atoms with Crippen molar-refractivity contribution in [2.24, 2.45) is 0 Å². The molecule has 21 heavy (non-hydrogen) atoms. The molecule has 1 rings (SSSR count). The molecule has 1 aromatic carbocycles. The van der Waals surface area contributed by atoms with Gasteiger partial charge in [-0.1, -0.05) is 13.8 Å². The molecule has 0 fully saturated rings. The minimum Gasteiger partial charge on any atom is -0.495 e. The van der Waals surface area contributed by atoms with Crippen LogP contribution >= 0.6 is 0 Å². The van der Waals surface area contributed by atoms with Gasteiger partial charge in [0.1, 0.15) is 5.75 Å². The minimum atomic E-state index is -3.62. The summed E-state index contributed by atoms with van der Waals surface area (Å²) in [5.41, 5.74) is 0.344. The molecule has 0 aliphatic rings. The smallest absolute Gasteiger partial charge is 0.240 e. The van der Waals surface area contributed by atoms with E-state index in [4.69, 9.17) is 4.74 Å². The second-order valence-electron chi connectivity index (χ2n) is 4.69. The van der Waals surface area contributed by atoms with Crippen molar-refractivity contribution in [1.29, 1.82) is 0 Å². The molecule has 0 radical (unpaired) electrons. The number of hydrogen-bond acceptors (Lipinski definition) is 4. The SMILES string of the molecule is CCC(=O)Nc1cc(S(=O)(=O)N[C@@H](C)CC)ccc1OC. The van der Waals surface area contributed by atoms with E-state index >= 15 is 0 Å². The maximum atomic E-state index is 12.2. The summed E-state index contributed by atoms with van der Waals surface area (Å²) >= 11 is 0. The molecule has 0 unspecified atom stereocenters. The normalized spacial score (nSPS) is 12.8. The van der Waals surface area contributed by atoms with Gasteiger partial charge in [0.2, 0.25) is 15.9 Å². The van der Waals surface area contributed by atoms with E-state index in [1.807, 2.05) is 6.92 Å². The number of hydrogen-bond donors (Lipinski definition) is 2. The van der Waals surface area contributed by atoms with Crippen molar-refractivity contribution in [3.63, 3.8) is 0 Å². The second kappa shape index (κ2) is 7.42. The number of rotatable bonds is 7. The zero-order valence-electron chi connectivity index (χ0n) is 12.8. The number of carbonyl (C=O) groups is 1. The first-order valence-electron chi connectivity index (χ1n) is 6.84. The van der Waals surface area contributed by atoms with E-state index < -0.39 is 10.0 Å². The van der Waals surface area contributed by atoms with Crippen LogP contribution in [-0.4, -0.2) is 27.5 Å². The molecular formula is C14H22N2O4S. The molecule has 0 saturated carbocycles. The molecule has 1 atom stereocenters. The van der Waals surface area contributed by atoms with Crippen molar-refractivity contribution in [2.45, 2.75) is 44.6 Å². The van der Waals surface area contributed by atoms with Gasteiger partial charge in [0, 0.05) is 12.5 Å². The van der Waals surface area contributed by atoms with Crippen LogP contribution in [0.15, 0.2) is 23.1 Å². The highest BCUT2D eigenvalue weighted by atomic mass is 32.2. The fourth-order valence-corrected chi connectivity index (χ4v) is 2.96. The lowest BCUT2D eigenvalue weighted by molar-refractivity contribution is -0.115. The first-order chi connectivity index (χ1) is 9.83. The molecule has 2 N–H and O–H groups in total. The molecule has 0 aliphatic heterocycles. The van der Waals surface area contributed by atoms with Crippen LogP contribution in [0.3, 0.4) is 0 Å². The van der Waals surface area contributed by atoms with Crippen LogP contribution in [0.4, 0.5) is 5.69 Å². The predicted octanol–water partition coefficient (Wildman–Crippen LogP) is 2.12. The summed E-state index contributed by atoms with van der Waals surface area (Å²) in [6, 6.07) is 4.21. The summed E-state index contributed by atoms with van der Waals surface area (Å²) in [6.45, 7) is 5.40. The molecule has 0 heterocycles. The third-order valence-corrected chi connectivity index (χ3v) is 4.63. The molecule has 1 amide bonds. The topological polar surface area (TPSA) is 84.5 Å². The van der Waals surface area contributed by atoms with Gasteiger partial charge >= 0.3 is 0 Å². The van der Waals surface area contributed by atoms with E-state index in [-0.39, 0.29) is 16.8 Å². The Balaban J connectivity index is 3.15. The van der Waals surface area contributed by atoms with Crippen molar-refractivity contribution in [1.82, 2.24) is 4.72 Å². The van der Waals surface area contributed by atoms with Crippen molar-refractivity contribution < 1.29 is 17.9 Å². The molecule has 0 bridgehead atoms. The van der Waals surface area contributed by atoms with Crippen molar-refractivity contribution in [3.8, 4) is 5.75 Å². The number of nitrogens with one attached hydrogen (secondary N) is 2. The van der Waals surface area contributed by atoms with Gasteiger partial charge in [0.05, 0.1) is 17.7 Å². The standard InChI is InChI=1S/C14H22N2O4S/c1-5-10(3)16-21(18,19)11-7-8-13(20-4)12(9-11)15-14(17)6-2/h7-10,16H,5-6H2,1-4H3,(H,15,17)/t10-/m0/s1. The molecule has 118 valence electrons. The zero-order chi connectivity index (χ0) is 16.0. The fourth-order valence-electron chi connectivity index (χ4n) is 1.61. The summed E-state index contributed by atoms with van der Waals surface area (Å²) in [6.07, 6.45) is 0.986. The molecule has 7 heteroatoms. The maximum absolute atomic E-state index is 12.2. The fraction of sp³-hybridized carbons (Fsp3) is 0.500.